The van der Waals surface area contributed by atoms with E-state index in [1.165, 1.54) is 0 Å². The van der Waals surface area contributed by atoms with Crippen molar-refractivity contribution in [2.24, 2.45) is 5.73 Å². The van der Waals surface area contributed by atoms with Crippen molar-refractivity contribution in [2.45, 2.75) is 13.0 Å². The highest BCUT2D eigenvalue weighted by molar-refractivity contribution is 5.51. The second kappa shape index (κ2) is 4.86. The molecule has 0 amide bonds. The molecule has 3 nitrogen and oxygen atoms in total. The minimum atomic E-state index is 0.292. The maximum Gasteiger partial charge on any atom is 0.0469 e. The molecule has 2 aromatic rings. The molecule has 1 atom stereocenters. The van der Waals surface area contributed by atoms with E-state index in [2.05, 4.69) is 35.0 Å². The molecule has 16 heavy (non-hydrogen) atoms. The first-order valence-corrected chi connectivity index (χ1v) is 5.49. The van der Waals surface area contributed by atoms with Gasteiger partial charge >= 0.3 is 0 Å². The lowest BCUT2D eigenvalue weighted by Gasteiger charge is -2.14. The summed E-state index contributed by atoms with van der Waals surface area (Å²) in [7, 11) is 0. The lowest BCUT2D eigenvalue weighted by atomic mass is 10.2. The van der Waals surface area contributed by atoms with Crippen molar-refractivity contribution < 1.29 is 0 Å². The number of nitrogens with two attached hydrogens (primary N) is 1. The standard InChI is InChI=1S/C13H17N3/c1-11(10-14)15-12-5-4-6-13(9-12)16-7-2-3-8-16/h2-9,11,15H,10,14H2,1H3. The van der Waals surface area contributed by atoms with Crippen molar-refractivity contribution in [1.29, 1.82) is 0 Å². The van der Waals surface area contributed by atoms with Gasteiger partial charge in [0.25, 0.3) is 0 Å². The molecule has 1 aromatic carbocycles. The summed E-state index contributed by atoms with van der Waals surface area (Å²) in [5, 5.41) is 3.36. The number of hydrogen-bond donors (Lipinski definition) is 2. The third-order valence-electron chi connectivity index (χ3n) is 2.52. The van der Waals surface area contributed by atoms with Crippen LogP contribution in [0.15, 0.2) is 48.8 Å². The first-order valence-electron chi connectivity index (χ1n) is 5.49. The van der Waals surface area contributed by atoms with E-state index in [0.717, 1.165) is 11.4 Å². The van der Waals surface area contributed by atoms with E-state index in [0.29, 0.717) is 12.6 Å². The van der Waals surface area contributed by atoms with E-state index < -0.39 is 0 Å². The molecule has 1 unspecified atom stereocenters. The molecule has 0 spiro atoms. The topological polar surface area (TPSA) is 43.0 Å². The molecule has 0 aliphatic rings. The Hall–Kier alpha value is -1.74. The normalized spacial score (nSPS) is 12.4. The van der Waals surface area contributed by atoms with Gasteiger partial charge in [0.15, 0.2) is 0 Å². The summed E-state index contributed by atoms with van der Waals surface area (Å²) in [6.45, 7) is 2.70. The van der Waals surface area contributed by atoms with Gasteiger partial charge in [0.2, 0.25) is 0 Å². The van der Waals surface area contributed by atoms with Gasteiger partial charge in [-0.25, -0.2) is 0 Å². The summed E-state index contributed by atoms with van der Waals surface area (Å²) in [5.41, 5.74) is 7.84. The molecule has 0 radical (unpaired) electrons. The zero-order chi connectivity index (χ0) is 11.4. The summed E-state index contributed by atoms with van der Waals surface area (Å²) in [6.07, 6.45) is 4.07. The monoisotopic (exact) mass is 215 g/mol. The fourth-order valence-electron chi connectivity index (χ4n) is 1.61. The third-order valence-corrected chi connectivity index (χ3v) is 2.52. The molecular weight excluding hydrogens is 198 g/mol. The molecule has 0 aliphatic heterocycles. The minimum Gasteiger partial charge on any atom is -0.381 e. The van der Waals surface area contributed by atoms with E-state index in [1.807, 2.05) is 30.6 Å². The van der Waals surface area contributed by atoms with Gasteiger partial charge in [-0.05, 0) is 37.3 Å². The van der Waals surface area contributed by atoms with E-state index >= 15 is 0 Å². The lowest BCUT2D eigenvalue weighted by Crippen LogP contribution is -2.25. The lowest BCUT2D eigenvalue weighted by molar-refractivity contribution is 0.804. The highest BCUT2D eigenvalue weighted by Gasteiger charge is 2.00. The largest absolute Gasteiger partial charge is 0.381 e. The highest BCUT2D eigenvalue weighted by Crippen LogP contribution is 2.15. The maximum absolute atomic E-state index is 5.58. The molecule has 2 rings (SSSR count). The van der Waals surface area contributed by atoms with Gasteiger partial charge in [0.05, 0.1) is 0 Å². The van der Waals surface area contributed by atoms with E-state index in [-0.39, 0.29) is 0 Å². The van der Waals surface area contributed by atoms with Crippen LogP contribution >= 0.6 is 0 Å². The van der Waals surface area contributed by atoms with Crippen molar-refractivity contribution in [2.75, 3.05) is 11.9 Å². The molecule has 0 fully saturated rings. The Bertz CT molecular complexity index is 434. The molecule has 1 heterocycles. The smallest absolute Gasteiger partial charge is 0.0469 e. The van der Waals surface area contributed by atoms with Crippen LogP contribution in [0.3, 0.4) is 0 Å². The Morgan fingerprint density at radius 2 is 2.00 bits per heavy atom. The molecule has 3 N–H and O–H groups in total. The number of nitrogens with one attached hydrogen (secondary N) is 1. The van der Waals surface area contributed by atoms with Gasteiger partial charge in [-0.15, -0.1) is 0 Å². The van der Waals surface area contributed by atoms with Crippen LogP contribution in [0.2, 0.25) is 0 Å². The van der Waals surface area contributed by atoms with Crippen LogP contribution in [0.4, 0.5) is 5.69 Å². The molecule has 0 saturated heterocycles. The van der Waals surface area contributed by atoms with Crippen LogP contribution in [-0.4, -0.2) is 17.2 Å². The molecule has 0 saturated carbocycles. The maximum atomic E-state index is 5.58. The van der Waals surface area contributed by atoms with E-state index in [1.54, 1.807) is 0 Å². The Kier molecular flexibility index (Phi) is 3.27. The fraction of sp³-hybridized carbons (Fsp3) is 0.231. The van der Waals surface area contributed by atoms with Crippen molar-refractivity contribution in [3.8, 4) is 5.69 Å². The zero-order valence-electron chi connectivity index (χ0n) is 9.43. The predicted octanol–water partition coefficient (Wildman–Crippen LogP) is 2.24. The average Bonchev–Trinajstić information content (AvgIpc) is 2.83. The van der Waals surface area contributed by atoms with Gasteiger partial charge < -0.3 is 15.6 Å². The fourth-order valence-corrected chi connectivity index (χ4v) is 1.61. The molecule has 1 aromatic heterocycles. The summed E-state index contributed by atoms with van der Waals surface area (Å²) in [5.74, 6) is 0. The van der Waals surface area contributed by atoms with Crippen molar-refractivity contribution >= 4 is 5.69 Å². The third kappa shape index (κ3) is 2.44. The Balaban J connectivity index is 2.20. The Morgan fingerprint density at radius 3 is 2.69 bits per heavy atom. The van der Waals surface area contributed by atoms with Crippen LogP contribution in [0.1, 0.15) is 6.92 Å². The van der Waals surface area contributed by atoms with Crippen molar-refractivity contribution in [3.05, 3.63) is 48.8 Å². The Morgan fingerprint density at radius 1 is 1.25 bits per heavy atom. The number of benzene rings is 1. The second-order valence-corrected chi connectivity index (χ2v) is 3.92. The van der Waals surface area contributed by atoms with Gasteiger partial charge in [-0.3, -0.25) is 0 Å². The van der Waals surface area contributed by atoms with Crippen LogP contribution in [0.25, 0.3) is 5.69 Å². The average molecular weight is 215 g/mol. The quantitative estimate of drug-likeness (QED) is 0.821. The molecule has 0 aliphatic carbocycles. The molecule has 3 heteroatoms. The number of aromatic nitrogens is 1. The first kappa shape index (κ1) is 10.8. The van der Waals surface area contributed by atoms with Crippen molar-refractivity contribution in [3.63, 3.8) is 0 Å². The summed E-state index contributed by atoms with van der Waals surface area (Å²) < 4.78 is 2.08. The van der Waals surface area contributed by atoms with Crippen LogP contribution in [0, 0.1) is 0 Å². The highest BCUT2D eigenvalue weighted by atomic mass is 15.0. The molecular formula is C13H17N3. The van der Waals surface area contributed by atoms with Gasteiger partial charge in [-0.2, -0.15) is 0 Å². The second-order valence-electron chi connectivity index (χ2n) is 3.92. The first-order chi connectivity index (χ1) is 7.79. The summed E-state index contributed by atoms with van der Waals surface area (Å²) in [6, 6.07) is 12.6. The number of anilines is 1. The summed E-state index contributed by atoms with van der Waals surface area (Å²) >= 11 is 0. The predicted molar refractivity (Wildman–Crippen MR) is 67.9 cm³/mol. The zero-order valence-corrected chi connectivity index (χ0v) is 9.43. The Labute approximate surface area is 95.9 Å². The number of nitrogens with zero attached hydrogens (tertiary/aromatic N) is 1. The molecule has 0 bridgehead atoms. The van der Waals surface area contributed by atoms with Gasteiger partial charge in [0, 0.05) is 36.4 Å². The SMILES string of the molecule is CC(CN)Nc1cccc(-n2cccc2)c1. The van der Waals surface area contributed by atoms with Crippen LogP contribution in [-0.2, 0) is 0 Å². The minimum absolute atomic E-state index is 0.292. The van der Waals surface area contributed by atoms with Gasteiger partial charge in [-0.1, -0.05) is 6.07 Å². The van der Waals surface area contributed by atoms with Crippen LogP contribution in [0.5, 0.6) is 0 Å². The van der Waals surface area contributed by atoms with Crippen molar-refractivity contribution in [1.82, 2.24) is 4.57 Å². The number of hydrogen-bond acceptors (Lipinski definition) is 2. The number of rotatable bonds is 4. The van der Waals surface area contributed by atoms with E-state index in [9.17, 15) is 0 Å². The van der Waals surface area contributed by atoms with Crippen LogP contribution < -0.4 is 11.1 Å². The molecule has 84 valence electrons. The van der Waals surface area contributed by atoms with Gasteiger partial charge in [0.1, 0.15) is 0 Å². The van der Waals surface area contributed by atoms with E-state index in [4.69, 9.17) is 5.73 Å². The summed E-state index contributed by atoms with van der Waals surface area (Å²) in [4.78, 5) is 0.